The number of hydrogen-bond acceptors (Lipinski definition) is 4. The van der Waals surface area contributed by atoms with Crippen LogP contribution in [-0.2, 0) is 17.9 Å². The molecule has 82 valence electrons. The number of nitrogens with two attached hydrogens (primary N) is 1. The number of hydrogen-bond donors (Lipinski definition) is 2. The SMILES string of the molecule is CCn1cc(N)c(=O)n(CC(=O)O)c1=O. The standard InChI is InChI=1S/C8H11N3O4/c1-2-10-3-5(9)7(14)11(8(10)15)4-6(12)13/h3H,2,4,9H2,1H3,(H,12,13). The predicted molar refractivity (Wildman–Crippen MR) is 52.7 cm³/mol. The minimum absolute atomic E-state index is 0.141. The average molecular weight is 213 g/mol. The van der Waals surface area contributed by atoms with Crippen LogP contribution >= 0.6 is 0 Å². The smallest absolute Gasteiger partial charge is 0.331 e. The molecule has 15 heavy (non-hydrogen) atoms. The molecule has 0 radical (unpaired) electrons. The van der Waals surface area contributed by atoms with Crippen molar-refractivity contribution in [3.05, 3.63) is 27.0 Å². The second kappa shape index (κ2) is 3.99. The first-order valence-corrected chi connectivity index (χ1v) is 4.29. The first kappa shape index (κ1) is 11.0. The van der Waals surface area contributed by atoms with Gasteiger partial charge in [-0.15, -0.1) is 0 Å². The van der Waals surface area contributed by atoms with Crippen LogP contribution in [0.5, 0.6) is 0 Å². The van der Waals surface area contributed by atoms with Gasteiger partial charge in [-0.2, -0.15) is 0 Å². The molecule has 0 saturated heterocycles. The molecule has 0 amide bonds. The zero-order chi connectivity index (χ0) is 11.6. The third-order valence-corrected chi connectivity index (χ3v) is 1.90. The van der Waals surface area contributed by atoms with Crippen molar-refractivity contribution in [3.8, 4) is 0 Å². The van der Waals surface area contributed by atoms with Gasteiger partial charge in [-0.05, 0) is 6.92 Å². The molecule has 0 unspecified atom stereocenters. The molecular formula is C8H11N3O4. The van der Waals surface area contributed by atoms with Gasteiger partial charge in [0.15, 0.2) is 0 Å². The molecule has 0 saturated carbocycles. The lowest BCUT2D eigenvalue weighted by atomic mass is 10.5. The minimum atomic E-state index is -1.26. The van der Waals surface area contributed by atoms with Crippen LogP contribution in [0.3, 0.4) is 0 Å². The zero-order valence-corrected chi connectivity index (χ0v) is 8.14. The molecule has 0 aliphatic carbocycles. The van der Waals surface area contributed by atoms with Crippen molar-refractivity contribution in [2.75, 3.05) is 5.73 Å². The summed E-state index contributed by atoms with van der Waals surface area (Å²) in [6.45, 7) is 1.34. The van der Waals surface area contributed by atoms with Crippen molar-refractivity contribution in [2.24, 2.45) is 0 Å². The number of carboxylic acids is 1. The van der Waals surface area contributed by atoms with E-state index in [1.165, 1.54) is 10.8 Å². The molecule has 0 spiro atoms. The second-order valence-corrected chi connectivity index (χ2v) is 2.94. The molecule has 7 heteroatoms. The maximum atomic E-state index is 11.5. The van der Waals surface area contributed by atoms with E-state index >= 15 is 0 Å². The van der Waals surface area contributed by atoms with Crippen molar-refractivity contribution < 1.29 is 9.90 Å². The van der Waals surface area contributed by atoms with E-state index in [9.17, 15) is 14.4 Å². The molecule has 3 N–H and O–H groups in total. The predicted octanol–water partition coefficient (Wildman–Crippen LogP) is -1.30. The summed E-state index contributed by atoms with van der Waals surface area (Å²) in [6.07, 6.45) is 1.21. The van der Waals surface area contributed by atoms with Gasteiger partial charge in [0.2, 0.25) is 0 Å². The Morgan fingerprint density at radius 2 is 2.13 bits per heavy atom. The fourth-order valence-corrected chi connectivity index (χ4v) is 1.18. The topological polar surface area (TPSA) is 107 Å². The van der Waals surface area contributed by atoms with Crippen molar-refractivity contribution in [2.45, 2.75) is 20.0 Å². The van der Waals surface area contributed by atoms with Crippen molar-refractivity contribution in [1.82, 2.24) is 9.13 Å². The van der Waals surface area contributed by atoms with Crippen molar-refractivity contribution >= 4 is 11.7 Å². The number of aryl methyl sites for hydroxylation is 1. The van der Waals surface area contributed by atoms with E-state index in [0.717, 1.165) is 0 Å². The fourth-order valence-electron chi connectivity index (χ4n) is 1.18. The lowest BCUT2D eigenvalue weighted by Gasteiger charge is -2.07. The van der Waals surface area contributed by atoms with E-state index in [2.05, 4.69) is 0 Å². The van der Waals surface area contributed by atoms with E-state index in [0.29, 0.717) is 11.1 Å². The molecule has 1 aromatic heterocycles. The van der Waals surface area contributed by atoms with Crippen LogP contribution in [0.25, 0.3) is 0 Å². The van der Waals surface area contributed by atoms with E-state index in [4.69, 9.17) is 10.8 Å². The van der Waals surface area contributed by atoms with E-state index in [-0.39, 0.29) is 5.69 Å². The molecule has 0 aromatic carbocycles. The number of aliphatic carboxylic acids is 1. The van der Waals surface area contributed by atoms with Crippen molar-refractivity contribution in [3.63, 3.8) is 0 Å². The molecule has 7 nitrogen and oxygen atoms in total. The fraction of sp³-hybridized carbons (Fsp3) is 0.375. The van der Waals surface area contributed by atoms with Crippen LogP contribution in [0.2, 0.25) is 0 Å². The van der Waals surface area contributed by atoms with Gasteiger partial charge in [-0.3, -0.25) is 14.2 Å². The lowest BCUT2D eigenvalue weighted by molar-refractivity contribution is -0.137. The molecule has 0 aliphatic rings. The Hall–Kier alpha value is -2.05. The summed E-state index contributed by atoms with van der Waals surface area (Å²) in [4.78, 5) is 33.3. The number of aromatic nitrogens is 2. The van der Waals surface area contributed by atoms with Crippen LogP contribution in [0.4, 0.5) is 5.69 Å². The quantitative estimate of drug-likeness (QED) is 0.648. The molecule has 1 aromatic rings. The summed E-state index contributed by atoms with van der Waals surface area (Å²) in [5.41, 5.74) is 3.78. The van der Waals surface area contributed by atoms with Crippen molar-refractivity contribution in [1.29, 1.82) is 0 Å². The van der Waals surface area contributed by atoms with Crippen LogP contribution < -0.4 is 17.0 Å². The summed E-state index contributed by atoms with van der Waals surface area (Å²) < 4.78 is 1.78. The van der Waals surface area contributed by atoms with Crippen LogP contribution in [0.1, 0.15) is 6.92 Å². The zero-order valence-electron chi connectivity index (χ0n) is 8.14. The maximum absolute atomic E-state index is 11.5. The Morgan fingerprint density at radius 3 is 2.60 bits per heavy atom. The van der Waals surface area contributed by atoms with Gasteiger partial charge in [0.25, 0.3) is 5.56 Å². The van der Waals surface area contributed by atoms with Gasteiger partial charge in [-0.1, -0.05) is 0 Å². The Labute approximate surface area is 84.4 Å². The second-order valence-electron chi connectivity index (χ2n) is 2.94. The summed E-state index contributed by atoms with van der Waals surface area (Å²) in [6, 6.07) is 0. The third kappa shape index (κ3) is 2.06. The summed E-state index contributed by atoms with van der Waals surface area (Å²) >= 11 is 0. The highest BCUT2D eigenvalue weighted by Crippen LogP contribution is 1.89. The molecule has 1 heterocycles. The minimum Gasteiger partial charge on any atom is -0.480 e. The summed E-state index contributed by atoms with van der Waals surface area (Å²) in [7, 11) is 0. The molecule has 0 fully saturated rings. The van der Waals surface area contributed by atoms with Gasteiger partial charge in [-0.25, -0.2) is 9.36 Å². The van der Waals surface area contributed by atoms with Gasteiger partial charge >= 0.3 is 11.7 Å². The first-order chi connectivity index (χ1) is 6.97. The number of nitrogens with zero attached hydrogens (tertiary/aromatic N) is 2. The summed E-state index contributed by atoms with van der Waals surface area (Å²) in [5, 5.41) is 8.52. The van der Waals surface area contributed by atoms with Gasteiger partial charge in [0, 0.05) is 12.7 Å². The third-order valence-electron chi connectivity index (χ3n) is 1.90. The van der Waals surface area contributed by atoms with Crippen LogP contribution in [0.15, 0.2) is 15.8 Å². The maximum Gasteiger partial charge on any atom is 0.331 e. The highest BCUT2D eigenvalue weighted by molar-refractivity contribution is 5.66. The molecule has 1 rings (SSSR count). The summed E-state index contributed by atoms with van der Waals surface area (Å²) in [5.74, 6) is -1.26. The highest BCUT2D eigenvalue weighted by Gasteiger charge is 2.10. The number of carbonyl (C=O) groups is 1. The molecule has 0 bridgehead atoms. The van der Waals surface area contributed by atoms with E-state index in [1.54, 1.807) is 6.92 Å². The average Bonchev–Trinajstić information content (AvgIpc) is 2.18. The Morgan fingerprint density at radius 1 is 1.53 bits per heavy atom. The van der Waals surface area contributed by atoms with Gasteiger partial charge in [0.05, 0.1) is 0 Å². The Bertz CT molecular complexity index is 500. The normalized spacial score (nSPS) is 10.2. The van der Waals surface area contributed by atoms with Gasteiger partial charge in [0.1, 0.15) is 12.2 Å². The van der Waals surface area contributed by atoms with Crippen LogP contribution in [-0.4, -0.2) is 20.2 Å². The first-order valence-electron chi connectivity index (χ1n) is 4.29. The number of rotatable bonds is 3. The Balaban J connectivity index is 3.48. The Kier molecular flexibility index (Phi) is 2.93. The number of nitrogen functional groups attached to an aromatic ring is 1. The molecule has 0 aliphatic heterocycles. The molecular weight excluding hydrogens is 202 g/mol. The largest absolute Gasteiger partial charge is 0.480 e. The van der Waals surface area contributed by atoms with Crippen LogP contribution in [0, 0.1) is 0 Å². The monoisotopic (exact) mass is 213 g/mol. The molecule has 0 atom stereocenters. The number of anilines is 1. The lowest BCUT2D eigenvalue weighted by Crippen LogP contribution is -2.42. The van der Waals surface area contributed by atoms with E-state index in [1.807, 2.05) is 0 Å². The van der Waals surface area contributed by atoms with Gasteiger partial charge < -0.3 is 10.8 Å². The number of carboxylic acid groups (broad SMARTS) is 1. The highest BCUT2D eigenvalue weighted by atomic mass is 16.4. The van der Waals surface area contributed by atoms with E-state index < -0.39 is 23.8 Å².